The summed E-state index contributed by atoms with van der Waals surface area (Å²) in [5.74, 6) is 0.519. The number of hydrogen-bond acceptors (Lipinski definition) is 4. The highest BCUT2D eigenvalue weighted by Crippen LogP contribution is 2.32. The number of aliphatic hydroxyl groups is 1. The lowest BCUT2D eigenvalue weighted by Gasteiger charge is -2.29. The highest BCUT2D eigenvalue weighted by atomic mass is 16.3. The quantitative estimate of drug-likeness (QED) is 0.700. The van der Waals surface area contributed by atoms with Crippen LogP contribution in [0.1, 0.15) is 25.7 Å². The van der Waals surface area contributed by atoms with E-state index >= 15 is 0 Å². The van der Waals surface area contributed by atoms with Gasteiger partial charge in [0.1, 0.15) is 5.82 Å². The van der Waals surface area contributed by atoms with Crippen LogP contribution in [0.2, 0.25) is 0 Å². The second-order valence-electron chi connectivity index (χ2n) is 4.24. The van der Waals surface area contributed by atoms with Gasteiger partial charge in [-0.1, -0.05) is 12.8 Å². The van der Waals surface area contributed by atoms with Gasteiger partial charge in [0.15, 0.2) is 0 Å². The van der Waals surface area contributed by atoms with Gasteiger partial charge in [-0.3, -0.25) is 0 Å². The summed E-state index contributed by atoms with van der Waals surface area (Å²) in [7, 11) is 0. The van der Waals surface area contributed by atoms with Crippen molar-refractivity contribution in [3.8, 4) is 0 Å². The van der Waals surface area contributed by atoms with Crippen LogP contribution in [0, 0.1) is 0 Å². The van der Waals surface area contributed by atoms with E-state index < -0.39 is 0 Å². The SMILES string of the molecule is Nc1ccc(NC2(CO)CCCC2)cn1. The predicted octanol–water partition coefficient (Wildman–Crippen LogP) is 1.38. The summed E-state index contributed by atoms with van der Waals surface area (Å²) in [6, 6.07) is 3.67. The number of nitrogens with zero attached hydrogens (tertiary/aromatic N) is 1. The van der Waals surface area contributed by atoms with Crippen LogP contribution in [0.5, 0.6) is 0 Å². The summed E-state index contributed by atoms with van der Waals surface area (Å²) in [4.78, 5) is 4.02. The summed E-state index contributed by atoms with van der Waals surface area (Å²) in [6.07, 6.45) is 6.11. The molecular weight excluding hydrogens is 190 g/mol. The van der Waals surface area contributed by atoms with Crippen LogP contribution >= 0.6 is 0 Å². The molecule has 0 aromatic carbocycles. The topological polar surface area (TPSA) is 71.2 Å². The molecule has 1 aliphatic carbocycles. The lowest BCUT2D eigenvalue weighted by molar-refractivity contribution is 0.214. The molecule has 0 atom stereocenters. The Labute approximate surface area is 89.5 Å². The van der Waals surface area contributed by atoms with Crippen molar-refractivity contribution < 1.29 is 5.11 Å². The minimum atomic E-state index is -0.141. The van der Waals surface area contributed by atoms with Crippen molar-refractivity contribution in [1.82, 2.24) is 4.98 Å². The molecule has 0 aliphatic heterocycles. The number of aromatic nitrogens is 1. The molecule has 0 amide bonds. The minimum Gasteiger partial charge on any atom is -0.394 e. The van der Waals surface area contributed by atoms with Crippen molar-refractivity contribution in [1.29, 1.82) is 0 Å². The first-order valence-corrected chi connectivity index (χ1v) is 5.35. The van der Waals surface area contributed by atoms with E-state index in [-0.39, 0.29) is 12.1 Å². The number of nitrogens with one attached hydrogen (secondary N) is 1. The summed E-state index contributed by atoms with van der Waals surface area (Å²) in [5.41, 5.74) is 6.30. The number of nitrogens with two attached hydrogens (primary N) is 1. The first-order valence-electron chi connectivity index (χ1n) is 5.35. The zero-order valence-electron chi connectivity index (χ0n) is 8.74. The summed E-state index contributed by atoms with van der Waals surface area (Å²) >= 11 is 0. The molecule has 4 heteroatoms. The van der Waals surface area contributed by atoms with Crippen LogP contribution in [0.4, 0.5) is 11.5 Å². The van der Waals surface area contributed by atoms with E-state index in [1.807, 2.05) is 6.07 Å². The monoisotopic (exact) mass is 207 g/mol. The average Bonchev–Trinajstić information content (AvgIpc) is 2.71. The Morgan fingerprint density at radius 3 is 2.67 bits per heavy atom. The van der Waals surface area contributed by atoms with Crippen molar-refractivity contribution in [2.45, 2.75) is 31.2 Å². The van der Waals surface area contributed by atoms with Gasteiger partial charge >= 0.3 is 0 Å². The van der Waals surface area contributed by atoms with E-state index in [4.69, 9.17) is 5.73 Å². The maximum atomic E-state index is 9.42. The molecule has 15 heavy (non-hydrogen) atoms. The fourth-order valence-corrected chi connectivity index (χ4v) is 2.16. The van der Waals surface area contributed by atoms with E-state index in [9.17, 15) is 5.11 Å². The smallest absolute Gasteiger partial charge is 0.123 e. The van der Waals surface area contributed by atoms with Gasteiger partial charge in [-0.2, -0.15) is 0 Å². The molecule has 2 rings (SSSR count). The summed E-state index contributed by atoms with van der Waals surface area (Å²) in [5, 5.41) is 12.8. The molecule has 1 aromatic heterocycles. The van der Waals surface area contributed by atoms with Gasteiger partial charge in [-0.25, -0.2) is 4.98 Å². The van der Waals surface area contributed by atoms with Gasteiger partial charge in [0.2, 0.25) is 0 Å². The van der Waals surface area contributed by atoms with Crippen LogP contribution < -0.4 is 11.1 Å². The number of nitrogen functional groups attached to an aromatic ring is 1. The van der Waals surface area contributed by atoms with Gasteiger partial charge in [0, 0.05) is 0 Å². The maximum Gasteiger partial charge on any atom is 0.123 e. The Balaban J connectivity index is 2.09. The molecule has 0 bridgehead atoms. The molecule has 0 radical (unpaired) electrons. The molecule has 0 spiro atoms. The lowest BCUT2D eigenvalue weighted by atomic mass is 9.98. The van der Waals surface area contributed by atoms with E-state index in [2.05, 4.69) is 10.3 Å². The number of rotatable bonds is 3. The normalized spacial score (nSPS) is 19.0. The first-order chi connectivity index (χ1) is 7.24. The standard InChI is InChI=1S/C11H17N3O/c12-10-4-3-9(7-13-10)14-11(8-15)5-1-2-6-11/h3-4,7,14-15H,1-2,5-6,8H2,(H2,12,13). The second-order valence-corrected chi connectivity index (χ2v) is 4.24. The largest absolute Gasteiger partial charge is 0.394 e. The van der Waals surface area contributed by atoms with Crippen molar-refractivity contribution in [3.05, 3.63) is 18.3 Å². The molecule has 1 fully saturated rings. The van der Waals surface area contributed by atoms with Crippen LogP contribution in [0.3, 0.4) is 0 Å². The molecular formula is C11H17N3O. The van der Waals surface area contributed by atoms with Gasteiger partial charge in [0.05, 0.1) is 24.0 Å². The summed E-state index contributed by atoms with van der Waals surface area (Å²) in [6.45, 7) is 0.178. The second kappa shape index (κ2) is 4.06. The number of aliphatic hydroxyl groups excluding tert-OH is 1. The highest BCUT2D eigenvalue weighted by molar-refractivity contribution is 5.47. The van der Waals surface area contributed by atoms with Gasteiger partial charge in [0.25, 0.3) is 0 Å². The van der Waals surface area contributed by atoms with Crippen molar-refractivity contribution >= 4 is 11.5 Å². The number of anilines is 2. The fourth-order valence-electron chi connectivity index (χ4n) is 2.16. The number of hydrogen-bond donors (Lipinski definition) is 3. The molecule has 0 saturated heterocycles. The molecule has 4 nitrogen and oxygen atoms in total. The molecule has 1 aliphatic rings. The van der Waals surface area contributed by atoms with E-state index in [0.29, 0.717) is 5.82 Å². The average molecular weight is 207 g/mol. The minimum absolute atomic E-state index is 0.141. The van der Waals surface area contributed by atoms with Gasteiger partial charge < -0.3 is 16.2 Å². The Kier molecular flexibility index (Phi) is 2.77. The zero-order valence-corrected chi connectivity index (χ0v) is 8.74. The maximum absolute atomic E-state index is 9.42. The third-order valence-electron chi connectivity index (χ3n) is 3.06. The first kappa shape index (κ1) is 10.2. The molecule has 0 unspecified atom stereocenters. The number of pyridine rings is 1. The van der Waals surface area contributed by atoms with Gasteiger partial charge in [-0.05, 0) is 25.0 Å². The van der Waals surface area contributed by atoms with Crippen molar-refractivity contribution in [2.75, 3.05) is 17.7 Å². The van der Waals surface area contributed by atoms with E-state index in [1.54, 1.807) is 12.3 Å². The molecule has 1 aromatic rings. The van der Waals surface area contributed by atoms with E-state index in [1.165, 1.54) is 12.8 Å². The predicted molar refractivity (Wildman–Crippen MR) is 60.6 cm³/mol. The zero-order chi connectivity index (χ0) is 10.7. The van der Waals surface area contributed by atoms with Crippen molar-refractivity contribution in [2.24, 2.45) is 0 Å². The Hall–Kier alpha value is -1.29. The van der Waals surface area contributed by atoms with Gasteiger partial charge in [-0.15, -0.1) is 0 Å². The summed E-state index contributed by atoms with van der Waals surface area (Å²) < 4.78 is 0. The Morgan fingerprint density at radius 2 is 2.13 bits per heavy atom. The fraction of sp³-hybridized carbons (Fsp3) is 0.545. The van der Waals surface area contributed by atoms with E-state index in [0.717, 1.165) is 18.5 Å². The lowest BCUT2D eigenvalue weighted by Crippen LogP contribution is -2.39. The molecule has 1 saturated carbocycles. The Morgan fingerprint density at radius 1 is 1.40 bits per heavy atom. The molecule has 1 heterocycles. The third kappa shape index (κ3) is 2.21. The van der Waals surface area contributed by atoms with Crippen molar-refractivity contribution in [3.63, 3.8) is 0 Å². The Bertz CT molecular complexity index is 317. The van der Waals surface area contributed by atoms with Crippen LogP contribution in [0.25, 0.3) is 0 Å². The molecule has 4 N–H and O–H groups in total. The highest BCUT2D eigenvalue weighted by Gasteiger charge is 2.32. The van der Waals surface area contributed by atoms with Crippen LogP contribution in [0.15, 0.2) is 18.3 Å². The van der Waals surface area contributed by atoms with Crippen LogP contribution in [-0.4, -0.2) is 22.2 Å². The third-order valence-corrected chi connectivity index (χ3v) is 3.06. The van der Waals surface area contributed by atoms with Crippen LogP contribution in [-0.2, 0) is 0 Å². The molecule has 82 valence electrons.